The first kappa shape index (κ1) is 15.7. The van der Waals surface area contributed by atoms with Gasteiger partial charge in [-0.05, 0) is 52.0 Å². The highest BCUT2D eigenvalue weighted by Gasteiger charge is 2.26. The second-order valence-electron chi connectivity index (χ2n) is 6.02. The van der Waals surface area contributed by atoms with Crippen LogP contribution in [0.2, 0.25) is 0 Å². The minimum Gasteiger partial charge on any atom is -0.333 e. The summed E-state index contributed by atoms with van der Waals surface area (Å²) in [5.41, 5.74) is 3.24. The first-order chi connectivity index (χ1) is 10.5. The minimum atomic E-state index is 0.0107. The minimum absolute atomic E-state index is 0.0107. The smallest absolute Gasteiger partial charge is 0.255 e. The number of carbonyl (C=O) groups excluding carboxylic acids is 1. The Balaban J connectivity index is 1.85. The highest BCUT2D eigenvalue weighted by Crippen LogP contribution is 2.33. The lowest BCUT2D eigenvalue weighted by atomic mass is 9.95. The third kappa shape index (κ3) is 2.72. The van der Waals surface area contributed by atoms with E-state index >= 15 is 0 Å². The summed E-state index contributed by atoms with van der Waals surface area (Å²) in [6, 6.07) is 0.0107. The van der Waals surface area contributed by atoms with Crippen LogP contribution in [0.25, 0.3) is 0 Å². The number of aromatic nitrogens is 1. The van der Waals surface area contributed by atoms with Crippen molar-refractivity contribution in [2.24, 2.45) is 0 Å². The van der Waals surface area contributed by atoms with Crippen molar-refractivity contribution in [2.45, 2.75) is 52.5 Å². The molecule has 0 saturated heterocycles. The lowest BCUT2D eigenvalue weighted by Crippen LogP contribution is -2.30. The van der Waals surface area contributed by atoms with E-state index in [2.05, 4.69) is 24.2 Å². The molecule has 2 heterocycles. The average Bonchev–Trinajstić information content (AvgIpc) is 3.08. The van der Waals surface area contributed by atoms with E-state index in [9.17, 15) is 4.79 Å². The SMILES string of the molecule is Cc1nc(C(C)N(C)C(=O)c2csc3c2CCCC3)c(C)s1. The molecular formula is C17H22N2OS2. The van der Waals surface area contributed by atoms with E-state index in [0.29, 0.717) is 0 Å². The van der Waals surface area contributed by atoms with Gasteiger partial charge in [0.25, 0.3) is 5.91 Å². The Morgan fingerprint density at radius 1 is 1.32 bits per heavy atom. The summed E-state index contributed by atoms with van der Waals surface area (Å²) in [5, 5.41) is 3.12. The molecule has 2 aromatic heterocycles. The number of thiophene rings is 1. The van der Waals surface area contributed by atoms with Crippen molar-refractivity contribution in [1.29, 1.82) is 0 Å². The van der Waals surface area contributed by atoms with Gasteiger partial charge in [-0.15, -0.1) is 22.7 Å². The zero-order valence-electron chi connectivity index (χ0n) is 13.6. The van der Waals surface area contributed by atoms with Crippen molar-refractivity contribution in [1.82, 2.24) is 9.88 Å². The Morgan fingerprint density at radius 3 is 2.73 bits per heavy atom. The van der Waals surface area contributed by atoms with E-state index < -0.39 is 0 Å². The van der Waals surface area contributed by atoms with Crippen LogP contribution in [0.15, 0.2) is 5.38 Å². The maximum absolute atomic E-state index is 12.9. The fourth-order valence-corrected chi connectivity index (χ4v) is 5.18. The summed E-state index contributed by atoms with van der Waals surface area (Å²) in [6.07, 6.45) is 4.65. The van der Waals surface area contributed by atoms with Crippen LogP contribution in [-0.2, 0) is 12.8 Å². The van der Waals surface area contributed by atoms with Crippen LogP contribution in [0.1, 0.15) is 62.2 Å². The maximum Gasteiger partial charge on any atom is 0.255 e. The van der Waals surface area contributed by atoms with Gasteiger partial charge in [0.2, 0.25) is 0 Å². The molecule has 2 aromatic rings. The molecule has 0 spiro atoms. The Hall–Kier alpha value is -1.20. The summed E-state index contributed by atoms with van der Waals surface area (Å²) >= 11 is 3.45. The van der Waals surface area contributed by atoms with E-state index in [4.69, 9.17) is 0 Å². The van der Waals surface area contributed by atoms with E-state index in [-0.39, 0.29) is 11.9 Å². The molecule has 3 nitrogen and oxygen atoms in total. The fourth-order valence-electron chi connectivity index (χ4n) is 3.16. The van der Waals surface area contributed by atoms with Gasteiger partial charge in [0.1, 0.15) is 0 Å². The molecule has 1 amide bonds. The summed E-state index contributed by atoms with van der Waals surface area (Å²) in [4.78, 5) is 22.0. The van der Waals surface area contributed by atoms with Crippen LogP contribution < -0.4 is 0 Å². The van der Waals surface area contributed by atoms with Crippen LogP contribution in [0.3, 0.4) is 0 Å². The van der Waals surface area contributed by atoms with Gasteiger partial charge in [0.15, 0.2) is 0 Å². The molecule has 5 heteroatoms. The molecule has 1 unspecified atom stereocenters. The van der Waals surface area contributed by atoms with Gasteiger partial charge in [0.05, 0.1) is 22.3 Å². The van der Waals surface area contributed by atoms with Gasteiger partial charge in [-0.3, -0.25) is 4.79 Å². The van der Waals surface area contributed by atoms with Crippen LogP contribution in [-0.4, -0.2) is 22.8 Å². The van der Waals surface area contributed by atoms with E-state index in [1.54, 1.807) is 22.7 Å². The van der Waals surface area contributed by atoms with Crippen LogP contribution >= 0.6 is 22.7 Å². The average molecular weight is 335 g/mol. The van der Waals surface area contributed by atoms with Crippen LogP contribution in [0, 0.1) is 13.8 Å². The molecule has 0 aliphatic heterocycles. The molecule has 1 aliphatic rings. The van der Waals surface area contributed by atoms with E-state index in [1.807, 2.05) is 18.9 Å². The van der Waals surface area contributed by atoms with Crippen molar-refractivity contribution < 1.29 is 4.79 Å². The van der Waals surface area contributed by atoms with Crippen molar-refractivity contribution in [2.75, 3.05) is 7.05 Å². The molecule has 118 valence electrons. The monoisotopic (exact) mass is 334 g/mol. The predicted octanol–water partition coefficient (Wildman–Crippen LogP) is 4.53. The van der Waals surface area contributed by atoms with Crippen LogP contribution in [0.5, 0.6) is 0 Å². The largest absolute Gasteiger partial charge is 0.333 e. The molecule has 0 aromatic carbocycles. The quantitative estimate of drug-likeness (QED) is 0.826. The molecule has 1 atom stereocenters. The molecule has 22 heavy (non-hydrogen) atoms. The first-order valence-electron chi connectivity index (χ1n) is 7.79. The van der Waals surface area contributed by atoms with Crippen molar-refractivity contribution in [3.63, 3.8) is 0 Å². The Kier molecular flexibility index (Phi) is 4.37. The molecule has 0 saturated carbocycles. The zero-order valence-corrected chi connectivity index (χ0v) is 15.2. The van der Waals surface area contributed by atoms with Gasteiger partial charge in [0, 0.05) is 22.2 Å². The third-order valence-corrected chi connectivity index (χ3v) is 6.52. The summed E-state index contributed by atoms with van der Waals surface area (Å²) in [5.74, 6) is 0.136. The number of fused-ring (bicyclic) bond motifs is 1. The van der Waals surface area contributed by atoms with Gasteiger partial charge in [-0.25, -0.2) is 4.98 Å². The molecular weight excluding hydrogens is 312 g/mol. The van der Waals surface area contributed by atoms with Crippen molar-refractivity contribution >= 4 is 28.6 Å². The van der Waals surface area contributed by atoms with Crippen LogP contribution in [0.4, 0.5) is 0 Å². The molecule has 0 fully saturated rings. The predicted molar refractivity (Wildman–Crippen MR) is 93.1 cm³/mol. The number of hydrogen-bond acceptors (Lipinski definition) is 4. The van der Waals surface area contributed by atoms with Gasteiger partial charge < -0.3 is 4.90 Å². The number of nitrogens with zero attached hydrogens (tertiary/aromatic N) is 2. The van der Waals surface area contributed by atoms with Crippen molar-refractivity contribution in [3.8, 4) is 0 Å². The van der Waals surface area contributed by atoms with Gasteiger partial charge in [-0.1, -0.05) is 0 Å². The molecule has 0 N–H and O–H groups in total. The Morgan fingerprint density at radius 2 is 2.05 bits per heavy atom. The van der Waals surface area contributed by atoms with Gasteiger partial charge in [-0.2, -0.15) is 0 Å². The highest BCUT2D eigenvalue weighted by atomic mass is 32.1. The Bertz CT molecular complexity index is 702. The lowest BCUT2D eigenvalue weighted by Gasteiger charge is -2.25. The number of amides is 1. The standard InChI is InChI=1S/C17H22N2OS2/c1-10(16-11(2)22-12(3)18-16)19(4)17(20)14-9-21-15-8-6-5-7-13(14)15/h9-10H,5-8H2,1-4H3. The second-order valence-corrected chi connectivity index (χ2v) is 8.40. The lowest BCUT2D eigenvalue weighted by molar-refractivity contribution is 0.0739. The maximum atomic E-state index is 12.9. The second kappa shape index (κ2) is 6.13. The molecule has 0 bridgehead atoms. The highest BCUT2D eigenvalue weighted by molar-refractivity contribution is 7.11. The number of rotatable bonds is 3. The number of hydrogen-bond donors (Lipinski definition) is 0. The number of aryl methyl sites for hydroxylation is 3. The summed E-state index contributed by atoms with van der Waals surface area (Å²) < 4.78 is 0. The van der Waals surface area contributed by atoms with E-state index in [0.717, 1.165) is 29.1 Å². The van der Waals surface area contributed by atoms with Crippen molar-refractivity contribution in [3.05, 3.63) is 37.0 Å². The number of thiazole rings is 1. The Labute approximate surface area is 140 Å². The van der Waals surface area contributed by atoms with E-state index in [1.165, 1.54) is 28.2 Å². The molecule has 1 aliphatic carbocycles. The summed E-state index contributed by atoms with van der Waals surface area (Å²) in [7, 11) is 1.90. The first-order valence-corrected chi connectivity index (χ1v) is 9.49. The topological polar surface area (TPSA) is 33.2 Å². The fraction of sp³-hybridized carbons (Fsp3) is 0.529. The normalized spacial score (nSPS) is 15.5. The molecule has 3 rings (SSSR count). The zero-order chi connectivity index (χ0) is 15.9. The third-order valence-electron chi connectivity index (χ3n) is 4.53. The summed E-state index contributed by atoms with van der Waals surface area (Å²) in [6.45, 7) is 6.17. The number of carbonyl (C=O) groups is 1. The van der Waals surface area contributed by atoms with Gasteiger partial charge >= 0.3 is 0 Å². The molecule has 0 radical (unpaired) electrons.